The zero-order valence-corrected chi connectivity index (χ0v) is 14.9. The minimum atomic E-state index is -0.155. The Morgan fingerprint density at radius 3 is 2.69 bits per heavy atom. The van der Waals surface area contributed by atoms with E-state index in [-0.39, 0.29) is 17.7 Å². The molecule has 1 aliphatic carbocycles. The van der Waals surface area contributed by atoms with Crippen LogP contribution >= 0.6 is 0 Å². The van der Waals surface area contributed by atoms with Gasteiger partial charge < -0.3 is 14.6 Å². The fourth-order valence-corrected chi connectivity index (χ4v) is 3.37. The van der Waals surface area contributed by atoms with Crippen molar-refractivity contribution in [3.05, 3.63) is 41.8 Å². The first-order valence-electron chi connectivity index (χ1n) is 9.24. The average molecular weight is 353 g/mol. The highest BCUT2D eigenvalue weighted by atomic mass is 16.4. The minimum absolute atomic E-state index is 0.0758. The van der Waals surface area contributed by atoms with E-state index in [9.17, 15) is 9.59 Å². The standard InChI is InChI=1S/C20H23N3O3/c1-13-17(22-19(26-13)14-6-3-2-4-7-14)20(25)23-11-5-8-15(12-23)18(24)21-16-9-10-16/h2-4,6-7,15-16H,5,8-12H2,1H3,(H,21,24)/t15-/m1/s1. The molecule has 2 aromatic rings. The van der Waals surface area contributed by atoms with E-state index < -0.39 is 0 Å². The lowest BCUT2D eigenvalue weighted by atomic mass is 9.96. The highest BCUT2D eigenvalue weighted by Crippen LogP contribution is 2.25. The van der Waals surface area contributed by atoms with Gasteiger partial charge in [0.05, 0.1) is 5.92 Å². The first-order valence-corrected chi connectivity index (χ1v) is 9.24. The molecule has 2 heterocycles. The van der Waals surface area contributed by atoms with Crippen LogP contribution < -0.4 is 5.32 Å². The molecule has 4 rings (SSSR count). The van der Waals surface area contributed by atoms with Crippen molar-refractivity contribution in [2.75, 3.05) is 13.1 Å². The normalized spacial score (nSPS) is 20.0. The molecule has 0 unspecified atom stereocenters. The third-order valence-electron chi connectivity index (χ3n) is 5.02. The Hall–Kier alpha value is -2.63. The predicted molar refractivity (Wildman–Crippen MR) is 96.5 cm³/mol. The molecule has 2 aliphatic rings. The van der Waals surface area contributed by atoms with E-state index in [0.29, 0.717) is 36.5 Å². The molecule has 1 aromatic carbocycles. The summed E-state index contributed by atoms with van der Waals surface area (Å²) in [6, 6.07) is 9.89. The number of aryl methyl sites for hydroxylation is 1. The molecule has 0 spiro atoms. The van der Waals surface area contributed by atoms with Gasteiger partial charge in [-0.2, -0.15) is 0 Å². The molecule has 2 amide bonds. The number of hydrogen-bond donors (Lipinski definition) is 1. The number of benzene rings is 1. The number of carbonyl (C=O) groups is 2. The van der Waals surface area contributed by atoms with Gasteiger partial charge in [-0.25, -0.2) is 4.98 Å². The molecular formula is C20H23N3O3. The first-order chi connectivity index (χ1) is 12.6. The van der Waals surface area contributed by atoms with Crippen LogP contribution in [-0.4, -0.2) is 40.8 Å². The lowest BCUT2D eigenvalue weighted by molar-refractivity contribution is -0.126. The topological polar surface area (TPSA) is 75.4 Å². The SMILES string of the molecule is Cc1oc(-c2ccccc2)nc1C(=O)N1CCC[C@@H](C(=O)NC2CC2)C1. The van der Waals surface area contributed by atoms with Crippen molar-refractivity contribution in [2.45, 2.75) is 38.6 Å². The van der Waals surface area contributed by atoms with Gasteiger partial charge in [0.1, 0.15) is 5.76 Å². The van der Waals surface area contributed by atoms with Crippen LogP contribution in [0.15, 0.2) is 34.7 Å². The second-order valence-electron chi connectivity index (χ2n) is 7.16. The van der Waals surface area contributed by atoms with Crippen LogP contribution in [0.25, 0.3) is 11.5 Å². The number of oxazole rings is 1. The number of likely N-dealkylation sites (tertiary alicyclic amines) is 1. The Balaban J connectivity index is 1.48. The van der Waals surface area contributed by atoms with Gasteiger partial charge in [-0.1, -0.05) is 18.2 Å². The molecule has 0 radical (unpaired) electrons. The molecule has 6 heteroatoms. The van der Waals surface area contributed by atoms with Crippen LogP contribution in [0.3, 0.4) is 0 Å². The van der Waals surface area contributed by atoms with Gasteiger partial charge in [0.2, 0.25) is 11.8 Å². The number of hydrogen-bond acceptors (Lipinski definition) is 4. The number of rotatable bonds is 4. The number of amides is 2. The smallest absolute Gasteiger partial charge is 0.276 e. The maximum absolute atomic E-state index is 12.9. The van der Waals surface area contributed by atoms with Crippen LogP contribution in [0, 0.1) is 12.8 Å². The van der Waals surface area contributed by atoms with E-state index in [0.717, 1.165) is 31.2 Å². The Kier molecular flexibility index (Phi) is 4.49. The van der Waals surface area contributed by atoms with Gasteiger partial charge in [-0.3, -0.25) is 9.59 Å². The second kappa shape index (κ2) is 6.94. The van der Waals surface area contributed by atoms with Gasteiger partial charge >= 0.3 is 0 Å². The van der Waals surface area contributed by atoms with Crippen molar-refractivity contribution in [3.8, 4) is 11.5 Å². The summed E-state index contributed by atoms with van der Waals surface area (Å²) in [5.41, 5.74) is 1.18. The molecule has 2 fully saturated rings. The monoisotopic (exact) mass is 353 g/mol. The van der Waals surface area contributed by atoms with Crippen molar-refractivity contribution >= 4 is 11.8 Å². The third-order valence-corrected chi connectivity index (χ3v) is 5.02. The molecule has 1 aromatic heterocycles. The molecule has 6 nitrogen and oxygen atoms in total. The second-order valence-corrected chi connectivity index (χ2v) is 7.16. The molecular weight excluding hydrogens is 330 g/mol. The summed E-state index contributed by atoms with van der Waals surface area (Å²) in [6.07, 6.45) is 3.80. The zero-order valence-electron chi connectivity index (χ0n) is 14.9. The lowest BCUT2D eigenvalue weighted by Gasteiger charge is -2.31. The van der Waals surface area contributed by atoms with Crippen LogP contribution in [0.2, 0.25) is 0 Å². The van der Waals surface area contributed by atoms with E-state index >= 15 is 0 Å². The van der Waals surface area contributed by atoms with Crippen LogP contribution in [-0.2, 0) is 4.79 Å². The molecule has 136 valence electrons. The maximum atomic E-state index is 12.9. The van der Waals surface area contributed by atoms with E-state index in [1.165, 1.54) is 0 Å². The Labute approximate surface area is 152 Å². The summed E-state index contributed by atoms with van der Waals surface area (Å²) in [5, 5.41) is 3.05. The molecule has 1 aliphatic heterocycles. The Morgan fingerprint density at radius 1 is 1.19 bits per heavy atom. The summed E-state index contributed by atoms with van der Waals surface area (Å²) in [7, 11) is 0. The highest BCUT2D eigenvalue weighted by molar-refractivity contribution is 5.94. The summed E-state index contributed by atoms with van der Waals surface area (Å²) in [6.45, 7) is 2.86. The molecule has 0 bridgehead atoms. The maximum Gasteiger partial charge on any atom is 0.276 e. The van der Waals surface area contributed by atoms with Crippen molar-refractivity contribution in [2.24, 2.45) is 5.92 Å². The molecule has 26 heavy (non-hydrogen) atoms. The number of aromatic nitrogens is 1. The molecule has 1 atom stereocenters. The molecule has 1 saturated carbocycles. The lowest BCUT2D eigenvalue weighted by Crippen LogP contribution is -2.46. The number of nitrogens with zero attached hydrogens (tertiary/aromatic N) is 2. The van der Waals surface area contributed by atoms with Crippen LogP contribution in [0.1, 0.15) is 41.9 Å². The summed E-state index contributed by atoms with van der Waals surface area (Å²) >= 11 is 0. The van der Waals surface area contributed by atoms with E-state index in [1.807, 2.05) is 30.3 Å². The Morgan fingerprint density at radius 2 is 1.96 bits per heavy atom. The fraction of sp³-hybridized carbons (Fsp3) is 0.450. The largest absolute Gasteiger partial charge is 0.441 e. The van der Waals surface area contributed by atoms with Crippen molar-refractivity contribution in [1.82, 2.24) is 15.2 Å². The van der Waals surface area contributed by atoms with Gasteiger partial charge in [-0.05, 0) is 44.7 Å². The first kappa shape index (κ1) is 16.8. The van der Waals surface area contributed by atoms with Crippen LogP contribution in [0.4, 0.5) is 0 Å². The van der Waals surface area contributed by atoms with E-state index in [2.05, 4.69) is 10.3 Å². The summed E-state index contributed by atoms with van der Waals surface area (Å²) < 4.78 is 5.71. The zero-order chi connectivity index (χ0) is 18.1. The molecule has 1 saturated heterocycles. The highest BCUT2D eigenvalue weighted by Gasteiger charge is 2.33. The van der Waals surface area contributed by atoms with Crippen molar-refractivity contribution < 1.29 is 14.0 Å². The quantitative estimate of drug-likeness (QED) is 0.917. The average Bonchev–Trinajstić information content (AvgIpc) is 3.40. The van der Waals surface area contributed by atoms with E-state index in [4.69, 9.17) is 4.42 Å². The van der Waals surface area contributed by atoms with Crippen molar-refractivity contribution in [1.29, 1.82) is 0 Å². The Bertz CT molecular complexity index is 811. The number of piperidine rings is 1. The van der Waals surface area contributed by atoms with Gasteiger partial charge in [0.15, 0.2) is 5.69 Å². The fourth-order valence-electron chi connectivity index (χ4n) is 3.37. The predicted octanol–water partition coefficient (Wildman–Crippen LogP) is 2.78. The van der Waals surface area contributed by atoms with Crippen molar-refractivity contribution in [3.63, 3.8) is 0 Å². The van der Waals surface area contributed by atoms with Gasteiger partial charge in [0, 0.05) is 24.7 Å². The third kappa shape index (κ3) is 3.49. The summed E-state index contributed by atoms with van der Waals surface area (Å²) in [4.78, 5) is 31.4. The van der Waals surface area contributed by atoms with Gasteiger partial charge in [-0.15, -0.1) is 0 Å². The number of nitrogens with one attached hydrogen (secondary N) is 1. The van der Waals surface area contributed by atoms with Crippen LogP contribution in [0.5, 0.6) is 0 Å². The minimum Gasteiger partial charge on any atom is -0.441 e. The summed E-state index contributed by atoms with van der Waals surface area (Å²) in [5.74, 6) is 0.753. The number of carbonyl (C=O) groups excluding carboxylic acids is 2. The van der Waals surface area contributed by atoms with Gasteiger partial charge in [0.25, 0.3) is 5.91 Å². The van der Waals surface area contributed by atoms with E-state index in [1.54, 1.807) is 11.8 Å². The molecule has 1 N–H and O–H groups in total.